The molecule has 1 aromatic rings. The Labute approximate surface area is 130 Å². The van der Waals surface area contributed by atoms with Crippen LogP contribution in [0.5, 0.6) is 0 Å². The smallest absolute Gasteiger partial charge is 0.354 e. The second-order valence-corrected chi connectivity index (χ2v) is 6.05. The third-order valence-corrected chi connectivity index (χ3v) is 4.68. The first kappa shape index (κ1) is 14.9. The lowest BCUT2D eigenvalue weighted by molar-refractivity contribution is 0.0520. The number of H-pyrrole nitrogens is 1. The second kappa shape index (κ2) is 6.42. The molecule has 1 aliphatic carbocycles. The molecule has 6 heteroatoms. The van der Waals surface area contributed by atoms with Crippen LogP contribution >= 0.6 is 0 Å². The van der Waals surface area contributed by atoms with Gasteiger partial charge in [-0.05, 0) is 44.6 Å². The van der Waals surface area contributed by atoms with Crippen molar-refractivity contribution in [2.24, 2.45) is 5.92 Å². The van der Waals surface area contributed by atoms with Gasteiger partial charge in [-0.25, -0.2) is 9.59 Å². The minimum atomic E-state index is -0.406. The molecule has 0 bridgehead atoms. The summed E-state index contributed by atoms with van der Waals surface area (Å²) in [5.41, 5.74) is 0.960. The SMILES string of the molecule is CCOC(=O)c1cc(NC(=O)N2CCC[C@H]2C2CCC2)c[nH]1. The van der Waals surface area contributed by atoms with E-state index in [0.717, 1.165) is 19.4 Å². The zero-order valence-electron chi connectivity index (χ0n) is 12.9. The summed E-state index contributed by atoms with van der Waals surface area (Å²) in [6, 6.07) is 1.94. The maximum Gasteiger partial charge on any atom is 0.354 e. The van der Waals surface area contributed by atoms with Crippen LogP contribution in [-0.4, -0.2) is 41.1 Å². The van der Waals surface area contributed by atoms with Crippen molar-refractivity contribution >= 4 is 17.7 Å². The highest BCUT2D eigenvalue weighted by atomic mass is 16.5. The Balaban J connectivity index is 1.60. The molecule has 120 valence electrons. The van der Waals surface area contributed by atoms with E-state index in [1.807, 2.05) is 4.90 Å². The molecule has 1 aromatic heterocycles. The number of esters is 1. The molecule has 3 rings (SSSR count). The van der Waals surface area contributed by atoms with Crippen molar-refractivity contribution in [1.29, 1.82) is 0 Å². The van der Waals surface area contributed by atoms with E-state index in [9.17, 15) is 9.59 Å². The molecule has 22 heavy (non-hydrogen) atoms. The fourth-order valence-corrected chi connectivity index (χ4v) is 3.35. The first-order valence-corrected chi connectivity index (χ1v) is 8.12. The molecule has 0 spiro atoms. The van der Waals surface area contributed by atoms with Gasteiger partial charge in [0.2, 0.25) is 0 Å². The van der Waals surface area contributed by atoms with Crippen LogP contribution in [0, 0.1) is 5.92 Å². The van der Waals surface area contributed by atoms with Crippen molar-refractivity contribution in [3.05, 3.63) is 18.0 Å². The van der Waals surface area contributed by atoms with Gasteiger partial charge >= 0.3 is 12.0 Å². The number of hydrogen-bond donors (Lipinski definition) is 2. The fraction of sp³-hybridized carbons (Fsp3) is 0.625. The molecular weight excluding hydrogens is 282 g/mol. The predicted molar refractivity (Wildman–Crippen MR) is 82.8 cm³/mol. The minimum Gasteiger partial charge on any atom is -0.461 e. The first-order valence-electron chi connectivity index (χ1n) is 8.12. The van der Waals surface area contributed by atoms with Crippen molar-refractivity contribution < 1.29 is 14.3 Å². The van der Waals surface area contributed by atoms with Gasteiger partial charge in [0.15, 0.2) is 0 Å². The lowest BCUT2D eigenvalue weighted by Gasteiger charge is -2.36. The van der Waals surface area contributed by atoms with Crippen molar-refractivity contribution in [3.8, 4) is 0 Å². The number of aromatic nitrogens is 1. The Bertz CT molecular complexity index is 551. The van der Waals surface area contributed by atoms with Crippen LogP contribution in [0.2, 0.25) is 0 Å². The highest BCUT2D eigenvalue weighted by molar-refractivity contribution is 5.93. The minimum absolute atomic E-state index is 0.0659. The number of amides is 2. The highest BCUT2D eigenvalue weighted by Crippen LogP contribution is 2.37. The largest absolute Gasteiger partial charge is 0.461 e. The summed E-state index contributed by atoms with van der Waals surface area (Å²) in [5, 5.41) is 2.88. The lowest BCUT2D eigenvalue weighted by atomic mass is 9.79. The van der Waals surface area contributed by atoms with Gasteiger partial charge in [-0.15, -0.1) is 0 Å². The van der Waals surface area contributed by atoms with Gasteiger partial charge in [0.25, 0.3) is 0 Å². The summed E-state index contributed by atoms with van der Waals surface area (Å²) in [6.45, 7) is 2.91. The number of aromatic amines is 1. The maximum absolute atomic E-state index is 12.5. The molecule has 0 aromatic carbocycles. The van der Waals surface area contributed by atoms with Gasteiger partial charge in [0.1, 0.15) is 5.69 Å². The number of nitrogens with one attached hydrogen (secondary N) is 2. The number of hydrogen-bond acceptors (Lipinski definition) is 3. The van der Waals surface area contributed by atoms with Gasteiger partial charge in [0.05, 0.1) is 12.3 Å². The van der Waals surface area contributed by atoms with Crippen LogP contribution in [0.1, 0.15) is 49.5 Å². The van der Waals surface area contributed by atoms with E-state index < -0.39 is 5.97 Å². The highest BCUT2D eigenvalue weighted by Gasteiger charge is 2.37. The van der Waals surface area contributed by atoms with Crippen LogP contribution < -0.4 is 5.32 Å². The number of carbonyl (C=O) groups is 2. The third kappa shape index (κ3) is 2.96. The molecule has 2 aliphatic rings. The number of ether oxygens (including phenoxy) is 1. The summed E-state index contributed by atoms with van der Waals surface area (Å²) < 4.78 is 4.92. The molecule has 0 radical (unpaired) electrons. The Morgan fingerprint density at radius 3 is 2.86 bits per heavy atom. The van der Waals surface area contributed by atoms with Crippen LogP contribution in [-0.2, 0) is 4.74 Å². The molecule has 1 atom stereocenters. The Hall–Kier alpha value is -1.98. The van der Waals surface area contributed by atoms with Gasteiger partial charge in [0, 0.05) is 18.8 Å². The molecular formula is C16H23N3O3. The van der Waals surface area contributed by atoms with E-state index >= 15 is 0 Å². The maximum atomic E-state index is 12.5. The zero-order valence-corrected chi connectivity index (χ0v) is 12.9. The summed E-state index contributed by atoms with van der Waals surface area (Å²) in [7, 11) is 0. The standard InChI is InChI=1S/C16H23N3O3/c1-2-22-15(20)13-9-12(10-17-13)18-16(21)19-8-4-7-14(19)11-5-3-6-11/h9-11,14,17H,2-8H2,1H3,(H,18,21)/t14-/m0/s1. The van der Waals surface area contributed by atoms with E-state index in [4.69, 9.17) is 4.74 Å². The van der Waals surface area contributed by atoms with Crippen LogP contribution in [0.25, 0.3) is 0 Å². The van der Waals surface area contributed by atoms with E-state index in [0.29, 0.717) is 29.9 Å². The van der Waals surface area contributed by atoms with Crippen molar-refractivity contribution in [3.63, 3.8) is 0 Å². The molecule has 0 unspecified atom stereocenters. The number of carbonyl (C=O) groups excluding carboxylic acids is 2. The first-order chi connectivity index (χ1) is 10.7. The molecule has 2 heterocycles. The number of rotatable bonds is 4. The lowest BCUT2D eigenvalue weighted by Crippen LogP contribution is -2.44. The summed E-state index contributed by atoms with van der Waals surface area (Å²) >= 11 is 0. The van der Waals surface area contributed by atoms with Gasteiger partial charge in [-0.1, -0.05) is 6.42 Å². The molecule has 2 N–H and O–H groups in total. The van der Waals surface area contributed by atoms with E-state index in [1.54, 1.807) is 19.2 Å². The van der Waals surface area contributed by atoms with E-state index in [1.165, 1.54) is 19.3 Å². The number of urea groups is 1. The van der Waals surface area contributed by atoms with Crippen LogP contribution in [0.15, 0.2) is 12.3 Å². The summed E-state index contributed by atoms with van der Waals surface area (Å²) in [5.74, 6) is 0.270. The Kier molecular flexibility index (Phi) is 4.36. The number of nitrogens with zero attached hydrogens (tertiary/aromatic N) is 1. The molecule has 2 fully saturated rings. The fourth-order valence-electron chi connectivity index (χ4n) is 3.35. The van der Waals surface area contributed by atoms with Gasteiger partial charge < -0.3 is 19.9 Å². The Morgan fingerprint density at radius 1 is 1.36 bits per heavy atom. The molecule has 1 saturated carbocycles. The summed E-state index contributed by atoms with van der Waals surface area (Å²) in [6.07, 6.45) is 7.59. The molecule has 1 saturated heterocycles. The van der Waals surface area contributed by atoms with Crippen molar-refractivity contribution in [2.45, 2.75) is 45.1 Å². The third-order valence-electron chi connectivity index (χ3n) is 4.68. The second-order valence-electron chi connectivity index (χ2n) is 6.05. The van der Waals surface area contributed by atoms with Crippen LogP contribution in [0.3, 0.4) is 0 Å². The molecule has 6 nitrogen and oxygen atoms in total. The summed E-state index contributed by atoms with van der Waals surface area (Å²) in [4.78, 5) is 28.9. The van der Waals surface area contributed by atoms with Crippen molar-refractivity contribution in [1.82, 2.24) is 9.88 Å². The quantitative estimate of drug-likeness (QED) is 0.840. The molecule has 1 aliphatic heterocycles. The average Bonchev–Trinajstić information content (AvgIpc) is 3.06. The van der Waals surface area contributed by atoms with Crippen LogP contribution in [0.4, 0.5) is 10.5 Å². The zero-order chi connectivity index (χ0) is 15.5. The van der Waals surface area contributed by atoms with Gasteiger partial charge in [-0.2, -0.15) is 0 Å². The van der Waals surface area contributed by atoms with Gasteiger partial charge in [-0.3, -0.25) is 0 Å². The number of likely N-dealkylation sites (tertiary alicyclic amines) is 1. The Morgan fingerprint density at radius 2 is 2.18 bits per heavy atom. The normalized spacial score (nSPS) is 21.5. The predicted octanol–water partition coefficient (Wildman–Crippen LogP) is 2.99. The topological polar surface area (TPSA) is 74.4 Å². The number of anilines is 1. The van der Waals surface area contributed by atoms with Crippen molar-refractivity contribution in [2.75, 3.05) is 18.5 Å². The van der Waals surface area contributed by atoms with E-state index in [-0.39, 0.29) is 6.03 Å². The van der Waals surface area contributed by atoms with E-state index in [2.05, 4.69) is 10.3 Å². The average molecular weight is 305 g/mol. The molecule has 2 amide bonds. The monoisotopic (exact) mass is 305 g/mol.